The molecule has 1 rings (SSSR count). The molecule has 1 saturated heterocycles. The van der Waals surface area contributed by atoms with Crippen LogP contribution in [0.1, 0.15) is 20.8 Å². The second-order valence-corrected chi connectivity index (χ2v) is 4.65. The number of hydrogen-bond donors (Lipinski definition) is 2. The van der Waals surface area contributed by atoms with Crippen molar-refractivity contribution < 1.29 is 5.11 Å². The quantitative estimate of drug-likeness (QED) is 0.618. The zero-order chi connectivity index (χ0) is 9.35. The van der Waals surface area contributed by atoms with Crippen LogP contribution in [0.15, 0.2) is 0 Å². The van der Waals surface area contributed by atoms with Gasteiger partial charge in [0.15, 0.2) is 0 Å². The van der Waals surface area contributed by atoms with Crippen LogP contribution in [-0.2, 0) is 0 Å². The van der Waals surface area contributed by atoms with Gasteiger partial charge in [-0.1, -0.05) is 6.92 Å². The number of hydrogen-bond acceptors (Lipinski definition) is 3. The third-order valence-electron chi connectivity index (χ3n) is 2.36. The van der Waals surface area contributed by atoms with E-state index in [1.165, 1.54) is 0 Å². The van der Waals surface area contributed by atoms with Crippen molar-refractivity contribution in [3.63, 3.8) is 0 Å². The summed E-state index contributed by atoms with van der Waals surface area (Å²) in [6, 6.07) is 0.285. The fraction of sp³-hybridized carbons (Fsp3) is 1.00. The van der Waals surface area contributed by atoms with Crippen LogP contribution < -0.4 is 5.73 Å². The Hall–Kier alpha value is -0.120. The molecule has 0 aromatic heterocycles. The highest BCUT2D eigenvalue weighted by Gasteiger charge is 2.29. The predicted octanol–water partition coefficient (Wildman–Crippen LogP) is 0.0363. The van der Waals surface area contributed by atoms with Gasteiger partial charge in [0.2, 0.25) is 0 Å². The van der Waals surface area contributed by atoms with E-state index in [9.17, 15) is 5.11 Å². The maximum Gasteiger partial charge on any atom is 0.0718 e. The Morgan fingerprint density at radius 2 is 2.08 bits per heavy atom. The smallest absolute Gasteiger partial charge is 0.0718 e. The fourth-order valence-electron chi connectivity index (χ4n) is 1.77. The van der Waals surface area contributed by atoms with Crippen molar-refractivity contribution >= 4 is 0 Å². The van der Waals surface area contributed by atoms with Crippen molar-refractivity contribution in [3.05, 3.63) is 0 Å². The van der Waals surface area contributed by atoms with Gasteiger partial charge in [-0.15, -0.1) is 0 Å². The number of nitrogens with zero attached hydrogens (tertiary/aromatic N) is 1. The van der Waals surface area contributed by atoms with E-state index in [0.29, 0.717) is 5.92 Å². The third-order valence-corrected chi connectivity index (χ3v) is 2.36. The molecule has 2 atom stereocenters. The molecule has 3 N–H and O–H groups in total. The highest BCUT2D eigenvalue weighted by atomic mass is 16.3. The second-order valence-electron chi connectivity index (χ2n) is 4.65. The molecule has 0 spiro atoms. The molecule has 3 heteroatoms. The summed E-state index contributed by atoms with van der Waals surface area (Å²) in [6.45, 7) is 8.50. The van der Waals surface area contributed by atoms with Gasteiger partial charge in [0.25, 0.3) is 0 Å². The molecule has 2 unspecified atom stereocenters. The lowest BCUT2D eigenvalue weighted by atomic mass is 10.1. The van der Waals surface area contributed by atoms with Gasteiger partial charge in [0.1, 0.15) is 0 Å². The molecule has 12 heavy (non-hydrogen) atoms. The Morgan fingerprint density at radius 1 is 1.50 bits per heavy atom. The first kappa shape index (κ1) is 9.96. The van der Waals surface area contributed by atoms with Gasteiger partial charge in [-0.2, -0.15) is 0 Å². The van der Waals surface area contributed by atoms with Crippen LogP contribution in [0.2, 0.25) is 0 Å². The van der Waals surface area contributed by atoms with Crippen LogP contribution in [0, 0.1) is 5.92 Å². The van der Waals surface area contributed by atoms with E-state index in [1.54, 1.807) is 0 Å². The molecule has 0 aromatic carbocycles. The van der Waals surface area contributed by atoms with Crippen molar-refractivity contribution in [2.24, 2.45) is 11.7 Å². The Morgan fingerprint density at radius 3 is 2.42 bits per heavy atom. The summed E-state index contributed by atoms with van der Waals surface area (Å²) in [6.07, 6.45) is 0. The zero-order valence-electron chi connectivity index (χ0n) is 8.25. The lowest BCUT2D eigenvalue weighted by Gasteiger charge is -2.24. The van der Waals surface area contributed by atoms with Gasteiger partial charge in [-0.25, -0.2) is 0 Å². The number of rotatable bonds is 2. The molecule has 1 aliphatic rings. The molecule has 1 heterocycles. The summed E-state index contributed by atoms with van der Waals surface area (Å²) < 4.78 is 0. The Kier molecular flexibility index (Phi) is 2.76. The lowest BCUT2D eigenvalue weighted by molar-refractivity contribution is 0.0428. The summed E-state index contributed by atoms with van der Waals surface area (Å²) in [5, 5.41) is 9.57. The van der Waals surface area contributed by atoms with Crippen LogP contribution in [0.3, 0.4) is 0 Å². The van der Waals surface area contributed by atoms with Gasteiger partial charge in [0, 0.05) is 25.7 Å². The first-order chi connectivity index (χ1) is 5.38. The van der Waals surface area contributed by atoms with Crippen LogP contribution in [0.4, 0.5) is 0 Å². The average molecular weight is 172 g/mol. The molecule has 0 saturated carbocycles. The summed E-state index contributed by atoms with van der Waals surface area (Å²) in [5.41, 5.74) is 5.27. The maximum absolute atomic E-state index is 9.57. The molecule has 1 fully saturated rings. The molecular weight excluding hydrogens is 152 g/mol. The van der Waals surface area contributed by atoms with Gasteiger partial charge >= 0.3 is 0 Å². The molecule has 0 bridgehead atoms. The maximum atomic E-state index is 9.57. The summed E-state index contributed by atoms with van der Waals surface area (Å²) >= 11 is 0. The number of likely N-dealkylation sites (tertiary alicyclic amines) is 1. The van der Waals surface area contributed by atoms with Crippen molar-refractivity contribution in [3.8, 4) is 0 Å². The summed E-state index contributed by atoms with van der Waals surface area (Å²) in [7, 11) is 0. The third kappa shape index (κ3) is 2.73. The molecular formula is C9H20N2O. The lowest BCUT2D eigenvalue weighted by Crippen LogP contribution is -2.38. The van der Waals surface area contributed by atoms with Crippen molar-refractivity contribution in [1.29, 1.82) is 0 Å². The predicted molar refractivity (Wildman–Crippen MR) is 49.9 cm³/mol. The van der Waals surface area contributed by atoms with E-state index < -0.39 is 5.60 Å². The average Bonchev–Trinajstić information content (AvgIpc) is 2.07. The molecule has 72 valence electrons. The van der Waals surface area contributed by atoms with Crippen LogP contribution in [0.25, 0.3) is 0 Å². The van der Waals surface area contributed by atoms with Crippen molar-refractivity contribution in [2.45, 2.75) is 32.4 Å². The Labute approximate surface area is 74.5 Å². The monoisotopic (exact) mass is 172 g/mol. The first-order valence-corrected chi connectivity index (χ1v) is 4.59. The molecule has 0 amide bonds. The summed E-state index contributed by atoms with van der Waals surface area (Å²) in [4.78, 5) is 2.23. The van der Waals surface area contributed by atoms with Crippen LogP contribution in [0.5, 0.6) is 0 Å². The zero-order valence-corrected chi connectivity index (χ0v) is 8.25. The Bertz CT molecular complexity index is 143. The van der Waals surface area contributed by atoms with Crippen LogP contribution in [-0.4, -0.2) is 41.3 Å². The largest absolute Gasteiger partial charge is 0.389 e. The van der Waals surface area contributed by atoms with E-state index in [4.69, 9.17) is 5.73 Å². The van der Waals surface area contributed by atoms with Gasteiger partial charge < -0.3 is 10.8 Å². The van der Waals surface area contributed by atoms with E-state index in [-0.39, 0.29) is 6.04 Å². The molecule has 0 aliphatic carbocycles. The van der Waals surface area contributed by atoms with Crippen molar-refractivity contribution in [1.82, 2.24) is 4.90 Å². The van der Waals surface area contributed by atoms with Crippen LogP contribution >= 0.6 is 0 Å². The standard InChI is InChI=1S/C9H20N2O/c1-7-4-11(5-8(7)10)6-9(2,3)12/h7-8,12H,4-6,10H2,1-3H3. The highest BCUT2D eigenvalue weighted by Crippen LogP contribution is 2.16. The van der Waals surface area contributed by atoms with E-state index in [2.05, 4.69) is 11.8 Å². The SMILES string of the molecule is CC1CN(CC(C)(C)O)CC1N. The second kappa shape index (κ2) is 3.32. The minimum Gasteiger partial charge on any atom is -0.389 e. The topological polar surface area (TPSA) is 49.5 Å². The van der Waals surface area contributed by atoms with E-state index >= 15 is 0 Å². The number of aliphatic hydroxyl groups is 1. The summed E-state index contributed by atoms with van der Waals surface area (Å²) in [5.74, 6) is 0.562. The Balaban J connectivity index is 2.38. The molecule has 0 radical (unpaired) electrons. The normalized spacial score (nSPS) is 32.8. The molecule has 3 nitrogen and oxygen atoms in total. The van der Waals surface area contributed by atoms with Gasteiger partial charge in [-0.05, 0) is 19.8 Å². The van der Waals surface area contributed by atoms with E-state index in [0.717, 1.165) is 19.6 Å². The number of nitrogens with two attached hydrogens (primary N) is 1. The van der Waals surface area contributed by atoms with Crippen molar-refractivity contribution in [2.75, 3.05) is 19.6 Å². The highest BCUT2D eigenvalue weighted by molar-refractivity contribution is 4.86. The molecule has 1 aliphatic heterocycles. The van der Waals surface area contributed by atoms with Gasteiger partial charge in [0.05, 0.1) is 5.60 Å². The molecule has 0 aromatic rings. The minimum absolute atomic E-state index is 0.285. The minimum atomic E-state index is -0.593. The first-order valence-electron chi connectivity index (χ1n) is 4.59. The van der Waals surface area contributed by atoms with Gasteiger partial charge in [-0.3, -0.25) is 4.90 Å². The van der Waals surface area contributed by atoms with E-state index in [1.807, 2.05) is 13.8 Å². The number of β-amino-alcohol motifs (C(OH)–C–C–N with tert-alkyl or cyclic N) is 1. The fourth-order valence-corrected chi connectivity index (χ4v) is 1.77.